The number of hydrogen-bond acceptors (Lipinski definition) is 2. The minimum Gasteiger partial charge on any atom is -0.207 e. The predicted molar refractivity (Wildman–Crippen MR) is 100 cm³/mol. The number of benzene rings is 2. The molecular weight excluding hydrogens is 318 g/mol. The molecule has 0 fully saturated rings. The van der Waals surface area contributed by atoms with Crippen LogP contribution in [0.5, 0.6) is 0 Å². The van der Waals surface area contributed by atoms with Gasteiger partial charge < -0.3 is 0 Å². The van der Waals surface area contributed by atoms with Crippen LogP contribution in [0.1, 0.15) is 37.3 Å². The van der Waals surface area contributed by atoms with Gasteiger partial charge in [0.25, 0.3) is 0 Å². The fourth-order valence-electron chi connectivity index (χ4n) is 2.39. The van der Waals surface area contributed by atoms with Crippen molar-refractivity contribution in [2.45, 2.75) is 44.0 Å². The highest BCUT2D eigenvalue weighted by atomic mass is 32.2. The Labute approximate surface area is 145 Å². The van der Waals surface area contributed by atoms with E-state index in [1.807, 2.05) is 61.5 Å². The van der Waals surface area contributed by atoms with Gasteiger partial charge in [-0.15, -0.1) is 0 Å². The van der Waals surface area contributed by atoms with Crippen LogP contribution in [-0.4, -0.2) is 14.5 Å². The Morgan fingerprint density at radius 3 is 2.33 bits per heavy atom. The Kier molecular flexibility index (Phi) is 6.76. The van der Waals surface area contributed by atoms with Crippen molar-refractivity contribution in [2.24, 2.45) is 0 Å². The summed E-state index contributed by atoms with van der Waals surface area (Å²) in [5.74, 6) is 0. The number of aryl methyl sites for hydroxylation is 1. The average molecular weight is 343 g/mol. The molecule has 1 N–H and O–H groups in total. The maximum atomic E-state index is 12.6. The van der Waals surface area contributed by atoms with E-state index in [1.165, 1.54) is 0 Å². The van der Waals surface area contributed by atoms with E-state index in [0.717, 1.165) is 30.4 Å². The molecule has 1 atom stereocenters. The summed E-state index contributed by atoms with van der Waals surface area (Å²) in [5.41, 5.74) is 2.11. The lowest BCUT2D eigenvalue weighted by Gasteiger charge is -2.15. The first-order valence-electron chi connectivity index (χ1n) is 8.33. The van der Waals surface area contributed by atoms with Crippen LogP contribution in [0.3, 0.4) is 0 Å². The van der Waals surface area contributed by atoms with Crippen molar-refractivity contribution < 1.29 is 8.42 Å². The first-order valence-corrected chi connectivity index (χ1v) is 9.82. The highest BCUT2D eigenvalue weighted by molar-refractivity contribution is 7.89. The van der Waals surface area contributed by atoms with E-state index in [2.05, 4.69) is 11.6 Å². The van der Waals surface area contributed by atoms with Gasteiger partial charge in [0.15, 0.2) is 0 Å². The summed E-state index contributed by atoms with van der Waals surface area (Å²) in [7, 11) is -3.51. The van der Waals surface area contributed by atoms with Gasteiger partial charge >= 0.3 is 0 Å². The van der Waals surface area contributed by atoms with E-state index in [1.54, 1.807) is 12.1 Å². The Balaban J connectivity index is 2.15. The standard InChI is InChI=1S/C20H25NO2S/c1-3-4-10-19(14-13-18-8-6-5-7-9-18)21-24(22,23)20-15-11-17(2)12-16-20/h5-9,11-16,19,21H,3-4,10H2,1-2H3/b14-13+/t19-/m1/s1. The lowest BCUT2D eigenvalue weighted by molar-refractivity contribution is 0.554. The third-order valence-corrected chi connectivity index (χ3v) is 5.33. The van der Waals surface area contributed by atoms with Crippen molar-refractivity contribution in [3.05, 3.63) is 71.8 Å². The summed E-state index contributed by atoms with van der Waals surface area (Å²) in [6.45, 7) is 4.04. The molecule has 0 saturated heterocycles. The third-order valence-electron chi connectivity index (χ3n) is 3.83. The third kappa shape index (κ3) is 5.62. The second-order valence-electron chi connectivity index (χ2n) is 5.95. The second-order valence-corrected chi connectivity index (χ2v) is 7.67. The van der Waals surface area contributed by atoms with Crippen LogP contribution in [0, 0.1) is 6.92 Å². The number of rotatable bonds is 8. The van der Waals surface area contributed by atoms with E-state index in [4.69, 9.17) is 0 Å². The largest absolute Gasteiger partial charge is 0.241 e. The summed E-state index contributed by atoms with van der Waals surface area (Å²) in [4.78, 5) is 0.308. The molecule has 2 rings (SSSR count). The Morgan fingerprint density at radius 1 is 1.04 bits per heavy atom. The SMILES string of the molecule is CCCC[C@H](/C=C/c1ccccc1)NS(=O)(=O)c1ccc(C)cc1. The van der Waals surface area contributed by atoms with Crippen LogP contribution in [0.15, 0.2) is 65.6 Å². The molecular formula is C20H25NO2S. The Hall–Kier alpha value is -1.91. The van der Waals surface area contributed by atoms with Crippen molar-refractivity contribution in [3.8, 4) is 0 Å². The smallest absolute Gasteiger partial charge is 0.207 e. The molecule has 2 aromatic rings. The Morgan fingerprint density at radius 2 is 1.71 bits per heavy atom. The first-order chi connectivity index (χ1) is 11.5. The number of unbranched alkanes of at least 4 members (excludes halogenated alkanes) is 1. The van der Waals surface area contributed by atoms with E-state index in [9.17, 15) is 8.42 Å². The molecule has 0 aliphatic carbocycles. The van der Waals surface area contributed by atoms with Gasteiger partial charge in [0.1, 0.15) is 0 Å². The first kappa shape index (κ1) is 18.4. The fraction of sp³-hybridized carbons (Fsp3) is 0.300. The highest BCUT2D eigenvalue weighted by Crippen LogP contribution is 2.13. The lowest BCUT2D eigenvalue weighted by atomic mass is 10.1. The van der Waals surface area contributed by atoms with Gasteiger partial charge in [0.05, 0.1) is 4.90 Å². The van der Waals surface area contributed by atoms with Crippen molar-refractivity contribution in [2.75, 3.05) is 0 Å². The van der Waals surface area contributed by atoms with Crippen molar-refractivity contribution in [3.63, 3.8) is 0 Å². The minimum absolute atomic E-state index is 0.212. The molecule has 0 bridgehead atoms. The van der Waals surface area contributed by atoms with Gasteiger partial charge in [0, 0.05) is 6.04 Å². The van der Waals surface area contributed by atoms with Crippen LogP contribution in [0.4, 0.5) is 0 Å². The van der Waals surface area contributed by atoms with Gasteiger partial charge in [-0.05, 0) is 31.0 Å². The lowest BCUT2D eigenvalue weighted by Crippen LogP contribution is -2.33. The van der Waals surface area contributed by atoms with Gasteiger partial charge in [-0.3, -0.25) is 0 Å². The van der Waals surface area contributed by atoms with E-state index in [0.29, 0.717) is 4.90 Å². The molecule has 2 aromatic carbocycles. The summed E-state index contributed by atoms with van der Waals surface area (Å²) in [6.07, 6.45) is 6.70. The van der Waals surface area contributed by atoms with Gasteiger partial charge in [-0.25, -0.2) is 13.1 Å². The molecule has 0 aliphatic heterocycles. The zero-order valence-electron chi connectivity index (χ0n) is 14.3. The predicted octanol–water partition coefficient (Wildman–Crippen LogP) is 4.55. The molecule has 3 nitrogen and oxygen atoms in total. The number of nitrogens with one attached hydrogen (secondary N) is 1. The topological polar surface area (TPSA) is 46.2 Å². The van der Waals surface area contributed by atoms with E-state index >= 15 is 0 Å². The quantitative estimate of drug-likeness (QED) is 0.764. The monoisotopic (exact) mass is 343 g/mol. The van der Waals surface area contributed by atoms with Crippen molar-refractivity contribution in [1.82, 2.24) is 4.72 Å². The summed E-state index contributed by atoms with van der Waals surface area (Å²) in [6, 6.07) is 16.6. The molecule has 4 heteroatoms. The van der Waals surface area contributed by atoms with Crippen molar-refractivity contribution in [1.29, 1.82) is 0 Å². The van der Waals surface area contributed by atoms with Crippen LogP contribution in [0.2, 0.25) is 0 Å². The van der Waals surface area contributed by atoms with Crippen LogP contribution in [0.25, 0.3) is 6.08 Å². The highest BCUT2D eigenvalue weighted by Gasteiger charge is 2.18. The Bertz CT molecular complexity index is 750. The normalized spacial score (nSPS) is 13.2. The van der Waals surface area contributed by atoms with Crippen LogP contribution >= 0.6 is 0 Å². The van der Waals surface area contributed by atoms with Gasteiger partial charge in [0.2, 0.25) is 10.0 Å². The molecule has 0 unspecified atom stereocenters. The summed E-state index contributed by atoms with van der Waals surface area (Å²) < 4.78 is 28.0. The maximum Gasteiger partial charge on any atom is 0.241 e. The fourth-order valence-corrected chi connectivity index (χ4v) is 3.62. The molecule has 0 heterocycles. The van der Waals surface area contributed by atoms with Crippen LogP contribution in [-0.2, 0) is 10.0 Å². The number of hydrogen-bond donors (Lipinski definition) is 1. The molecule has 0 saturated carbocycles. The summed E-state index contributed by atoms with van der Waals surface area (Å²) in [5, 5.41) is 0. The second kappa shape index (κ2) is 8.81. The molecule has 0 aromatic heterocycles. The van der Waals surface area contributed by atoms with Gasteiger partial charge in [-0.2, -0.15) is 0 Å². The van der Waals surface area contributed by atoms with Gasteiger partial charge in [-0.1, -0.05) is 79.9 Å². The molecule has 0 aliphatic rings. The summed E-state index contributed by atoms with van der Waals surface area (Å²) >= 11 is 0. The zero-order valence-corrected chi connectivity index (χ0v) is 15.1. The van der Waals surface area contributed by atoms with E-state index in [-0.39, 0.29) is 6.04 Å². The maximum absolute atomic E-state index is 12.6. The zero-order chi connectivity index (χ0) is 17.4. The average Bonchev–Trinajstić information content (AvgIpc) is 2.58. The van der Waals surface area contributed by atoms with Crippen molar-refractivity contribution >= 4 is 16.1 Å². The van der Waals surface area contributed by atoms with E-state index < -0.39 is 10.0 Å². The molecule has 0 amide bonds. The minimum atomic E-state index is -3.51. The molecule has 0 spiro atoms. The number of sulfonamides is 1. The molecule has 128 valence electrons. The molecule has 0 radical (unpaired) electrons. The molecule has 24 heavy (non-hydrogen) atoms. The van der Waals surface area contributed by atoms with Crippen LogP contribution < -0.4 is 4.72 Å².